The lowest BCUT2D eigenvalue weighted by molar-refractivity contribution is 0.578. The van der Waals surface area contributed by atoms with Crippen LogP contribution in [-0.2, 0) is 16.6 Å². The summed E-state index contributed by atoms with van der Waals surface area (Å²) in [5.74, 6) is 0. The summed E-state index contributed by atoms with van der Waals surface area (Å²) in [7, 11) is -0.0416. The minimum absolute atomic E-state index is 0.265. The van der Waals surface area contributed by atoms with Gasteiger partial charge in [-0.25, -0.2) is 4.72 Å². The van der Waals surface area contributed by atoms with Gasteiger partial charge in [0.2, 0.25) is 0 Å². The topological polar surface area (TPSA) is 61.4 Å². The number of rotatable bonds is 4. The number of nitrogens with zero attached hydrogens (tertiary/aromatic N) is 1. The van der Waals surface area contributed by atoms with Gasteiger partial charge in [-0.05, 0) is 44.0 Å². The molecule has 5 nitrogen and oxygen atoms in total. The number of nitrogens with one attached hydrogen (secondary N) is 2. The molecule has 0 aliphatic carbocycles. The van der Waals surface area contributed by atoms with Gasteiger partial charge in [0.1, 0.15) is 0 Å². The van der Waals surface area contributed by atoms with Crippen LogP contribution in [0.2, 0.25) is 0 Å². The van der Waals surface area contributed by atoms with Crippen LogP contribution in [0.1, 0.15) is 30.5 Å². The molecule has 19 heavy (non-hydrogen) atoms. The maximum atomic E-state index is 12.0. The van der Waals surface area contributed by atoms with E-state index in [1.165, 1.54) is 16.9 Å². The molecule has 2 N–H and O–H groups in total. The van der Waals surface area contributed by atoms with E-state index in [0.29, 0.717) is 6.54 Å². The monoisotopic (exact) mass is 283 g/mol. The molecule has 0 radical (unpaired) electrons. The van der Waals surface area contributed by atoms with Crippen LogP contribution in [0.5, 0.6) is 0 Å². The predicted octanol–water partition coefficient (Wildman–Crippen LogP) is 1.18. The Labute approximate surface area is 115 Å². The first-order valence-corrected chi connectivity index (χ1v) is 7.95. The molecular weight excluding hydrogens is 262 g/mol. The molecule has 6 heteroatoms. The van der Waals surface area contributed by atoms with Crippen molar-refractivity contribution in [3.05, 3.63) is 29.3 Å². The minimum Gasteiger partial charge on any atom is -0.313 e. The fourth-order valence-corrected chi connectivity index (χ4v) is 3.41. The number of benzene rings is 1. The van der Waals surface area contributed by atoms with Crippen molar-refractivity contribution >= 4 is 15.9 Å². The van der Waals surface area contributed by atoms with E-state index >= 15 is 0 Å². The lowest BCUT2D eigenvalue weighted by Crippen LogP contribution is -2.42. The molecule has 0 saturated heterocycles. The molecule has 0 amide bonds. The summed E-state index contributed by atoms with van der Waals surface area (Å²) in [4.78, 5) is 0. The first-order valence-electron chi connectivity index (χ1n) is 6.51. The number of hydrogen-bond acceptors (Lipinski definition) is 3. The second kappa shape index (κ2) is 5.48. The molecule has 1 aliphatic heterocycles. The third kappa shape index (κ3) is 2.75. The molecule has 1 atom stereocenters. The largest absolute Gasteiger partial charge is 0.313 e. The number of anilines is 1. The van der Waals surface area contributed by atoms with Crippen molar-refractivity contribution in [1.82, 2.24) is 10.0 Å². The Kier molecular flexibility index (Phi) is 4.13. The van der Waals surface area contributed by atoms with Gasteiger partial charge in [-0.3, -0.25) is 4.31 Å². The molecule has 1 unspecified atom stereocenters. The van der Waals surface area contributed by atoms with Gasteiger partial charge in [-0.1, -0.05) is 12.1 Å². The van der Waals surface area contributed by atoms with E-state index in [9.17, 15) is 8.42 Å². The van der Waals surface area contributed by atoms with Crippen LogP contribution in [0.25, 0.3) is 0 Å². The maximum Gasteiger partial charge on any atom is 0.301 e. The minimum atomic E-state index is -3.41. The smallest absolute Gasteiger partial charge is 0.301 e. The Balaban J connectivity index is 2.42. The highest BCUT2D eigenvalue weighted by atomic mass is 32.2. The first kappa shape index (κ1) is 14.3. The first-order chi connectivity index (χ1) is 8.99. The third-order valence-electron chi connectivity index (χ3n) is 3.66. The summed E-state index contributed by atoms with van der Waals surface area (Å²) >= 11 is 0. The fraction of sp³-hybridized carbons (Fsp3) is 0.538. The lowest BCUT2D eigenvalue weighted by Gasteiger charge is -2.30. The molecule has 0 spiro atoms. The highest BCUT2D eigenvalue weighted by Crippen LogP contribution is 2.31. The van der Waals surface area contributed by atoms with Crippen molar-refractivity contribution in [2.24, 2.45) is 0 Å². The summed E-state index contributed by atoms with van der Waals surface area (Å²) in [5, 5.41) is 3.20. The Morgan fingerprint density at radius 2 is 2.05 bits per heavy atom. The molecule has 0 aromatic heterocycles. The van der Waals surface area contributed by atoms with E-state index in [0.717, 1.165) is 24.1 Å². The third-order valence-corrected chi connectivity index (χ3v) is 5.14. The molecular formula is C13H21N3O2S. The summed E-state index contributed by atoms with van der Waals surface area (Å²) in [6.45, 7) is 2.63. The van der Waals surface area contributed by atoms with E-state index in [1.807, 2.05) is 19.2 Å². The van der Waals surface area contributed by atoms with Gasteiger partial charge in [-0.15, -0.1) is 0 Å². The van der Waals surface area contributed by atoms with Gasteiger partial charge >= 0.3 is 10.2 Å². The predicted molar refractivity (Wildman–Crippen MR) is 77.6 cm³/mol. The van der Waals surface area contributed by atoms with E-state index in [-0.39, 0.29) is 6.04 Å². The van der Waals surface area contributed by atoms with Crippen LogP contribution in [0.4, 0.5) is 5.69 Å². The second-order valence-corrected chi connectivity index (χ2v) is 6.58. The Hall–Kier alpha value is -1.11. The van der Waals surface area contributed by atoms with Crippen molar-refractivity contribution in [1.29, 1.82) is 0 Å². The van der Waals surface area contributed by atoms with Gasteiger partial charge in [0, 0.05) is 19.6 Å². The molecule has 1 heterocycles. The zero-order valence-electron chi connectivity index (χ0n) is 11.6. The van der Waals surface area contributed by atoms with Gasteiger partial charge in [-0.2, -0.15) is 8.42 Å². The van der Waals surface area contributed by atoms with E-state index in [1.54, 1.807) is 0 Å². The van der Waals surface area contributed by atoms with Crippen LogP contribution in [0, 0.1) is 0 Å². The SMILES string of the molecule is CNC(C)c1ccc2c(c1)CCCN2S(=O)(=O)NC. The van der Waals surface area contributed by atoms with Crippen LogP contribution in [-0.4, -0.2) is 29.1 Å². The molecule has 1 aliphatic rings. The van der Waals surface area contributed by atoms with Crippen LogP contribution in [0.15, 0.2) is 18.2 Å². The summed E-state index contributed by atoms with van der Waals surface area (Å²) < 4.78 is 27.8. The van der Waals surface area contributed by atoms with Crippen molar-refractivity contribution < 1.29 is 8.42 Å². The van der Waals surface area contributed by atoms with E-state index in [4.69, 9.17) is 0 Å². The summed E-state index contributed by atoms with van der Waals surface area (Å²) in [5.41, 5.74) is 3.09. The zero-order chi connectivity index (χ0) is 14.0. The average Bonchev–Trinajstić information content (AvgIpc) is 2.45. The Morgan fingerprint density at radius 3 is 2.68 bits per heavy atom. The van der Waals surface area contributed by atoms with Crippen molar-refractivity contribution in [3.63, 3.8) is 0 Å². The quantitative estimate of drug-likeness (QED) is 0.872. The molecule has 0 saturated carbocycles. The average molecular weight is 283 g/mol. The van der Waals surface area contributed by atoms with Gasteiger partial charge in [0.25, 0.3) is 0 Å². The second-order valence-electron chi connectivity index (χ2n) is 4.78. The number of aryl methyl sites for hydroxylation is 1. The highest BCUT2D eigenvalue weighted by molar-refractivity contribution is 7.90. The number of hydrogen-bond donors (Lipinski definition) is 2. The van der Waals surface area contributed by atoms with E-state index < -0.39 is 10.2 Å². The number of fused-ring (bicyclic) bond motifs is 1. The molecule has 0 fully saturated rings. The van der Waals surface area contributed by atoms with Crippen LogP contribution in [0.3, 0.4) is 0 Å². The van der Waals surface area contributed by atoms with Gasteiger partial charge in [0.05, 0.1) is 5.69 Å². The lowest BCUT2D eigenvalue weighted by atomic mass is 9.98. The molecule has 106 valence electrons. The van der Waals surface area contributed by atoms with Gasteiger partial charge < -0.3 is 5.32 Å². The molecule has 1 aromatic carbocycles. The van der Waals surface area contributed by atoms with Crippen molar-refractivity contribution in [2.75, 3.05) is 24.9 Å². The summed E-state index contributed by atoms with van der Waals surface area (Å²) in [6.07, 6.45) is 1.78. The Bertz CT molecular complexity index is 557. The highest BCUT2D eigenvalue weighted by Gasteiger charge is 2.26. The molecule has 1 aromatic rings. The van der Waals surface area contributed by atoms with Crippen molar-refractivity contribution in [3.8, 4) is 0 Å². The molecule has 2 rings (SSSR count). The molecule has 0 bridgehead atoms. The maximum absolute atomic E-state index is 12.0. The van der Waals surface area contributed by atoms with E-state index in [2.05, 4.69) is 23.0 Å². The van der Waals surface area contributed by atoms with Crippen LogP contribution >= 0.6 is 0 Å². The van der Waals surface area contributed by atoms with Crippen LogP contribution < -0.4 is 14.3 Å². The summed E-state index contributed by atoms with van der Waals surface area (Å²) in [6, 6.07) is 6.27. The van der Waals surface area contributed by atoms with Crippen molar-refractivity contribution in [2.45, 2.75) is 25.8 Å². The van der Waals surface area contributed by atoms with Gasteiger partial charge in [0.15, 0.2) is 0 Å². The fourth-order valence-electron chi connectivity index (χ4n) is 2.38. The normalized spacial score (nSPS) is 17.1. The zero-order valence-corrected chi connectivity index (χ0v) is 12.4. The standard InChI is InChI=1S/C13H21N3O2S/c1-10(14-2)11-6-7-13-12(9-11)5-4-8-16(13)19(17,18)15-3/h6-7,9-10,14-15H,4-5,8H2,1-3H3. The Morgan fingerprint density at radius 1 is 1.32 bits per heavy atom.